The molecule has 0 spiro atoms. The van der Waals surface area contributed by atoms with Crippen molar-refractivity contribution in [2.45, 2.75) is 125 Å². The van der Waals surface area contributed by atoms with Crippen LogP contribution in [0.3, 0.4) is 0 Å². The number of ketones is 1. The molecule has 0 bridgehead atoms. The molecule has 0 aromatic heterocycles. The summed E-state index contributed by atoms with van der Waals surface area (Å²) in [4.78, 5) is 50.9. The summed E-state index contributed by atoms with van der Waals surface area (Å²) in [5.74, 6) is -2.69. The fourth-order valence-electron chi connectivity index (χ4n) is 5.61. The van der Waals surface area contributed by atoms with Crippen LogP contribution in [0.15, 0.2) is 36.4 Å². The Balaban J connectivity index is 1.80. The maximum absolute atomic E-state index is 14.0. The zero-order valence-corrected chi connectivity index (χ0v) is 31.9. The number of aliphatic hydroxyl groups is 1. The van der Waals surface area contributed by atoms with Gasteiger partial charge in [0.2, 0.25) is 0 Å². The van der Waals surface area contributed by atoms with Crippen molar-refractivity contribution in [1.29, 1.82) is 0 Å². The van der Waals surface area contributed by atoms with Crippen molar-refractivity contribution in [3.8, 4) is 11.5 Å². The van der Waals surface area contributed by atoms with Crippen molar-refractivity contribution < 1.29 is 47.7 Å². The van der Waals surface area contributed by atoms with E-state index in [0.717, 1.165) is 5.56 Å². The van der Waals surface area contributed by atoms with Crippen molar-refractivity contribution in [2.24, 2.45) is 11.3 Å². The molecule has 3 unspecified atom stereocenters. The highest BCUT2D eigenvalue weighted by atomic mass is 28.4. The van der Waals surface area contributed by atoms with Crippen molar-refractivity contribution in [3.05, 3.63) is 58.7 Å². The van der Waals surface area contributed by atoms with Crippen molar-refractivity contribution in [3.63, 3.8) is 0 Å². The molecular weight excluding hydrogens is 644 g/mol. The summed E-state index contributed by atoms with van der Waals surface area (Å²) in [5, 5.41) is 11.3. The zero-order valence-electron chi connectivity index (χ0n) is 30.9. The number of rotatable bonds is 15. The quantitative estimate of drug-likeness (QED) is 0.0905. The normalized spacial score (nSPS) is 17.0. The molecule has 270 valence electrons. The molecule has 2 aromatic carbocycles. The summed E-state index contributed by atoms with van der Waals surface area (Å²) >= 11 is 0. The molecule has 1 N–H and O–H groups in total. The van der Waals surface area contributed by atoms with Gasteiger partial charge in [0.25, 0.3) is 0 Å². The lowest BCUT2D eigenvalue weighted by molar-refractivity contribution is -0.136. The van der Waals surface area contributed by atoms with Gasteiger partial charge in [-0.3, -0.25) is 14.4 Å². The molecule has 2 aromatic rings. The number of hydrogen-bond acceptors (Lipinski definition) is 10. The van der Waals surface area contributed by atoms with Crippen LogP contribution in [0.5, 0.6) is 11.5 Å². The van der Waals surface area contributed by atoms with Crippen LogP contribution in [0, 0.1) is 18.3 Å². The number of fused-ring (bicyclic) bond motifs is 1. The van der Waals surface area contributed by atoms with Gasteiger partial charge in [-0.15, -0.1) is 0 Å². The standard InChI is InChI=1S/C38H54O10Si/c1-23-28-19-30(47-36(43)35(28)32(46-26(4)40)21-31(23)45-25(3)39)24(2)29(41)20-33(42)38(8,9)34(48-49(10,11)37(5,6)7)17-18-44-22-27-15-13-12-14-16-27/h12-16,21,24,29-30,34,41H,17-20,22H2,1-11H3/t24?,29?,30?,34-/m1/s1. The smallest absolute Gasteiger partial charge is 0.342 e. The van der Waals surface area contributed by atoms with E-state index in [4.69, 9.17) is 23.4 Å². The minimum absolute atomic E-state index is 0.0684. The first-order valence-corrected chi connectivity index (χ1v) is 19.8. The van der Waals surface area contributed by atoms with E-state index in [-0.39, 0.29) is 40.7 Å². The second-order valence-electron chi connectivity index (χ2n) is 15.2. The van der Waals surface area contributed by atoms with Crippen molar-refractivity contribution in [2.75, 3.05) is 6.61 Å². The fraction of sp³-hybridized carbons (Fsp3) is 0.579. The number of cyclic esters (lactones) is 1. The van der Waals surface area contributed by atoms with Crippen molar-refractivity contribution >= 4 is 32.0 Å². The number of esters is 3. The number of hydrogen-bond donors (Lipinski definition) is 1. The summed E-state index contributed by atoms with van der Waals surface area (Å²) in [7, 11) is -2.30. The average molecular weight is 699 g/mol. The molecule has 0 fully saturated rings. The minimum Gasteiger partial charge on any atom is -0.458 e. The number of ether oxygens (including phenoxy) is 4. The summed E-state index contributed by atoms with van der Waals surface area (Å²) in [6, 6.07) is 11.2. The Morgan fingerprint density at radius 2 is 1.59 bits per heavy atom. The molecule has 0 amide bonds. The predicted molar refractivity (Wildman–Crippen MR) is 188 cm³/mol. The topological polar surface area (TPSA) is 135 Å². The first kappa shape index (κ1) is 40.0. The zero-order chi connectivity index (χ0) is 36.9. The fourth-order valence-corrected chi connectivity index (χ4v) is 7.09. The van der Waals surface area contributed by atoms with Crippen LogP contribution in [0.1, 0.15) is 95.3 Å². The number of carbonyl (C=O) groups excluding carboxylic acids is 4. The lowest BCUT2D eigenvalue weighted by atomic mass is 9.77. The van der Waals surface area contributed by atoms with Gasteiger partial charge in [-0.05, 0) is 48.2 Å². The van der Waals surface area contributed by atoms with Crippen LogP contribution in [0.4, 0.5) is 0 Å². The molecule has 11 heteroatoms. The van der Waals surface area contributed by atoms with Gasteiger partial charge in [0.15, 0.2) is 8.32 Å². The summed E-state index contributed by atoms with van der Waals surface area (Å²) < 4.78 is 29.3. The van der Waals surface area contributed by atoms with Gasteiger partial charge in [0, 0.05) is 50.7 Å². The first-order chi connectivity index (χ1) is 22.7. The first-order valence-electron chi connectivity index (χ1n) is 16.9. The molecule has 1 aliphatic heterocycles. The molecule has 0 saturated carbocycles. The summed E-state index contributed by atoms with van der Waals surface area (Å²) in [6.45, 7) is 21.2. The molecule has 1 aliphatic rings. The van der Waals surface area contributed by atoms with Gasteiger partial charge in [-0.25, -0.2) is 4.79 Å². The largest absolute Gasteiger partial charge is 0.458 e. The van der Waals surface area contributed by atoms with E-state index in [1.54, 1.807) is 13.8 Å². The predicted octanol–water partition coefficient (Wildman–Crippen LogP) is 6.91. The van der Waals surface area contributed by atoms with E-state index in [2.05, 4.69) is 33.9 Å². The van der Waals surface area contributed by atoms with Crippen LogP contribution < -0.4 is 9.47 Å². The maximum atomic E-state index is 14.0. The van der Waals surface area contributed by atoms with Crippen LogP contribution in [-0.2, 0) is 41.3 Å². The number of carbonyl (C=O) groups is 4. The van der Waals surface area contributed by atoms with Gasteiger partial charge < -0.3 is 28.5 Å². The molecule has 10 nitrogen and oxygen atoms in total. The monoisotopic (exact) mass is 698 g/mol. The highest BCUT2D eigenvalue weighted by Crippen LogP contribution is 2.42. The maximum Gasteiger partial charge on any atom is 0.342 e. The highest BCUT2D eigenvalue weighted by molar-refractivity contribution is 6.74. The van der Waals surface area contributed by atoms with E-state index in [9.17, 15) is 24.3 Å². The molecule has 49 heavy (non-hydrogen) atoms. The lowest BCUT2D eigenvalue weighted by Gasteiger charge is -2.44. The molecule has 3 rings (SSSR count). The Kier molecular flexibility index (Phi) is 13.2. The Labute approximate surface area is 291 Å². The Bertz CT molecular complexity index is 1510. The molecule has 4 atom stereocenters. The molecule has 1 heterocycles. The van der Waals surface area contributed by atoms with Crippen LogP contribution in [-0.4, -0.2) is 62.0 Å². The van der Waals surface area contributed by atoms with Crippen molar-refractivity contribution in [1.82, 2.24) is 0 Å². The Hall–Kier alpha value is -3.38. The van der Waals surface area contributed by atoms with Crippen LogP contribution in [0.25, 0.3) is 0 Å². The molecular formula is C38H54O10Si. The SMILES string of the molecule is CC(=O)Oc1cc(OC(C)=O)c2c(c1C)CC(C(C)C(O)CC(=O)C(C)(C)[C@@H](CCOCc1ccccc1)O[Si](C)(C)C(C)(C)C)OC2=O. The molecule has 0 radical (unpaired) electrons. The second-order valence-corrected chi connectivity index (χ2v) is 19.9. The Morgan fingerprint density at radius 1 is 1.00 bits per heavy atom. The molecule has 0 saturated heterocycles. The van der Waals surface area contributed by atoms with E-state index >= 15 is 0 Å². The number of aliphatic hydroxyl groups excluding tert-OH is 1. The van der Waals surface area contributed by atoms with Gasteiger partial charge in [0.1, 0.15) is 28.9 Å². The third-order valence-electron chi connectivity index (χ3n) is 10.00. The van der Waals surface area contributed by atoms with Crippen LogP contribution in [0.2, 0.25) is 18.1 Å². The van der Waals surface area contributed by atoms with Gasteiger partial charge in [-0.1, -0.05) is 71.9 Å². The van der Waals surface area contributed by atoms with Gasteiger partial charge in [-0.2, -0.15) is 0 Å². The van der Waals surface area contributed by atoms with Gasteiger partial charge in [0.05, 0.1) is 18.8 Å². The van der Waals surface area contributed by atoms with E-state index in [1.165, 1.54) is 19.9 Å². The van der Waals surface area contributed by atoms with E-state index in [1.807, 2.05) is 44.2 Å². The second kappa shape index (κ2) is 16.1. The minimum atomic E-state index is -2.30. The number of benzene rings is 2. The summed E-state index contributed by atoms with van der Waals surface area (Å²) in [6.07, 6.45) is -1.92. The summed E-state index contributed by atoms with van der Waals surface area (Å²) in [5.41, 5.74) is 1.17. The van der Waals surface area contributed by atoms with Crippen LogP contribution >= 0.6 is 0 Å². The third kappa shape index (κ3) is 10.1. The lowest BCUT2D eigenvalue weighted by Crippen LogP contribution is -2.51. The van der Waals surface area contributed by atoms with E-state index < -0.39 is 55.9 Å². The van der Waals surface area contributed by atoms with Gasteiger partial charge >= 0.3 is 17.9 Å². The highest BCUT2D eigenvalue weighted by Gasteiger charge is 2.46. The average Bonchev–Trinajstić information content (AvgIpc) is 2.99. The molecule has 0 aliphatic carbocycles. The number of Topliss-reactive ketones (excluding diaryl/α,β-unsaturated/α-hetero) is 1. The Morgan fingerprint density at radius 3 is 2.16 bits per heavy atom. The third-order valence-corrected chi connectivity index (χ3v) is 14.5. The van der Waals surface area contributed by atoms with E-state index in [0.29, 0.717) is 30.8 Å².